The van der Waals surface area contributed by atoms with Gasteiger partial charge in [-0.1, -0.05) is 31.0 Å². The highest BCUT2D eigenvalue weighted by molar-refractivity contribution is 5.78. The molecule has 0 aliphatic heterocycles. The first kappa shape index (κ1) is 19.0. The highest BCUT2D eigenvalue weighted by atomic mass is 19.4. The smallest absolute Gasteiger partial charge is 0.416 e. The first-order chi connectivity index (χ1) is 10.8. The number of alkyl halides is 3. The van der Waals surface area contributed by atoms with E-state index in [4.69, 9.17) is 5.11 Å². The summed E-state index contributed by atoms with van der Waals surface area (Å²) >= 11 is 0. The maximum Gasteiger partial charge on any atom is 0.416 e. The van der Waals surface area contributed by atoms with Crippen LogP contribution in [0.2, 0.25) is 0 Å². The van der Waals surface area contributed by atoms with Crippen molar-refractivity contribution in [2.45, 2.75) is 44.7 Å². The summed E-state index contributed by atoms with van der Waals surface area (Å²) in [5, 5.41) is 11.1. The highest BCUT2D eigenvalue weighted by Crippen LogP contribution is 2.31. The molecule has 0 saturated heterocycles. The summed E-state index contributed by atoms with van der Waals surface area (Å²) in [5.41, 5.74) is -0.831. The number of carboxylic acids is 1. The summed E-state index contributed by atoms with van der Waals surface area (Å²) in [7, 11) is 0. The number of unbranched alkanes of at least 4 members (excludes halogenated alkanes) is 3. The van der Waals surface area contributed by atoms with Crippen molar-refractivity contribution in [2.24, 2.45) is 0 Å². The lowest BCUT2D eigenvalue weighted by Gasteiger charge is -2.12. The average Bonchev–Trinajstić information content (AvgIpc) is 2.45. The number of hydrogen-bond donors (Lipinski definition) is 2. The number of carboxylic acid groups (broad SMARTS) is 1. The zero-order valence-electron chi connectivity index (χ0n) is 12.7. The number of rotatable bonds is 9. The molecule has 0 aliphatic carbocycles. The molecule has 0 aromatic heterocycles. The first-order valence-electron chi connectivity index (χ1n) is 7.44. The van der Waals surface area contributed by atoms with E-state index >= 15 is 0 Å². The average molecular weight is 331 g/mol. The van der Waals surface area contributed by atoms with Crippen LogP contribution in [0.15, 0.2) is 24.3 Å². The predicted molar refractivity (Wildman–Crippen MR) is 78.9 cm³/mol. The Balaban J connectivity index is 2.31. The number of hydrogen-bond acceptors (Lipinski definition) is 2. The van der Waals surface area contributed by atoms with Crippen LogP contribution in [0.3, 0.4) is 0 Å². The van der Waals surface area contributed by atoms with Crippen LogP contribution in [0.4, 0.5) is 13.2 Å². The molecule has 1 rings (SSSR count). The van der Waals surface area contributed by atoms with Crippen LogP contribution in [0.1, 0.15) is 43.2 Å². The van der Waals surface area contributed by atoms with Crippen molar-refractivity contribution < 1.29 is 27.9 Å². The van der Waals surface area contributed by atoms with Gasteiger partial charge in [0.05, 0.1) is 12.0 Å². The molecule has 1 aromatic rings. The van der Waals surface area contributed by atoms with Gasteiger partial charge < -0.3 is 10.4 Å². The lowest BCUT2D eigenvalue weighted by atomic mass is 10.0. The van der Waals surface area contributed by atoms with Crippen molar-refractivity contribution in [3.05, 3.63) is 35.4 Å². The number of nitrogens with one attached hydrogen (secondary N) is 1. The van der Waals surface area contributed by atoms with E-state index in [-0.39, 0.29) is 18.4 Å². The van der Waals surface area contributed by atoms with Crippen molar-refractivity contribution in [2.75, 3.05) is 6.54 Å². The number of benzene rings is 1. The van der Waals surface area contributed by atoms with E-state index in [1.807, 2.05) is 0 Å². The van der Waals surface area contributed by atoms with Gasteiger partial charge in [-0.2, -0.15) is 13.2 Å². The molecular weight excluding hydrogens is 311 g/mol. The Labute approximate surface area is 132 Å². The molecule has 0 heterocycles. The summed E-state index contributed by atoms with van der Waals surface area (Å²) < 4.78 is 38.4. The van der Waals surface area contributed by atoms with Gasteiger partial charge in [-0.15, -0.1) is 0 Å². The van der Waals surface area contributed by atoms with Crippen LogP contribution in [-0.2, 0) is 22.2 Å². The monoisotopic (exact) mass is 331 g/mol. The van der Waals surface area contributed by atoms with Gasteiger partial charge in [-0.3, -0.25) is 9.59 Å². The van der Waals surface area contributed by atoms with Crippen molar-refractivity contribution in [3.63, 3.8) is 0 Å². The van der Waals surface area contributed by atoms with Gasteiger partial charge in [-0.25, -0.2) is 0 Å². The SMILES string of the molecule is O=C(O)CCCCCCNC(=O)Cc1ccccc1C(F)(F)F. The fourth-order valence-electron chi connectivity index (χ4n) is 2.17. The maximum absolute atomic E-state index is 12.8. The van der Waals surface area contributed by atoms with Crippen molar-refractivity contribution in [1.82, 2.24) is 5.32 Å². The molecule has 0 fully saturated rings. The topological polar surface area (TPSA) is 66.4 Å². The van der Waals surface area contributed by atoms with Crippen LogP contribution < -0.4 is 5.32 Å². The minimum absolute atomic E-state index is 0.0426. The van der Waals surface area contributed by atoms with Crippen LogP contribution in [0.5, 0.6) is 0 Å². The van der Waals surface area contributed by atoms with E-state index in [0.29, 0.717) is 19.4 Å². The third-order valence-corrected chi connectivity index (χ3v) is 3.31. The van der Waals surface area contributed by atoms with Gasteiger partial charge in [-0.05, 0) is 24.5 Å². The van der Waals surface area contributed by atoms with E-state index in [2.05, 4.69) is 5.32 Å². The van der Waals surface area contributed by atoms with Gasteiger partial charge in [0.15, 0.2) is 0 Å². The lowest BCUT2D eigenvalue weighted by molar-refractivity contribution is -0.138. The Morgan fingerprint density at radius 1 is 1.04 bits per heavy atom. The quantitative estimate of drug-likeness (QED) is 0.682. The highest BCUT2D eigenvalue weighted by Gasteiger charge is 2.33. The van der Waals surface area contributed by atoms with Crippen molar-refractivity contribution >= 4 is 11.9 Å². The standard InChI is InChI=1S/C16H20F3NO3/c17-16(18,19)13-8-5-4-7-12(13)11-14(21)20-10-6-2-1-3-9-15(22)23/h4-5,7-8H,1-3,6,9-11H2,(H,20,21)(H,22,23). The summed E-state index contributed by atoms with van der Waals surface area (Å²) in [4.78, 5) is 22.0. The van der Waals surface area contributed by atoms with Crippen LogP contribution in [0, 0.1) is 0 Å². The summed E-state index contributed by atoms with van der Waals surface area (Å²) in [6.07, 6.45) is -1.88. The molecule has 1 aromatic carbocycles. The molecular formula is C16H20F3NO3. The van der Waals surface area contributed by atoms with Crippen molar-refractivity contribution in [1.29, 1.82) is 0 Å². The minimum atomic E-state index is -4.47. The predicted octanol–water partition coefficient (Wildman–Crippen LogP) is 3.40. The van der Waals surface area contributed by atoms with Gasteiger partial charge in [0.1, 0.15) is 0 Å². The van der Waals surface area contributed by atoms with Crippen LogP contribution >= 0.6 is 0 Å². The molecule has 0 radical (unpaired) electrons. The zero-order valence-corrected chi connectivity index (χ0v) is 12.7. The Morgan fingerprint density at radius 3 is 2.35 bits per heavy atom. The molecule has 0 bridgehead atoms. The van der Waals surface area contributed by atoms with E-state index < -0.39 is 23.6 Å². The molecule has 0 spiro atoms. The number of amides is 1. The summed E-state index contributed by atoms with van der Waals surface area (Å²) in [6, 6.07) is 5.03. The Kier molecular flexibility index (Phi) is 7.57. The molecule has 0 unspecified atom stereocenters. The summed E-state index contributed by atoms with van der Waals surface area (Å²) in [5.74, 6) is -1.28. The minimum Gasteiger partial charge on any atom is -0.481 e. The van der Waals surface area contributed by atoms with E-state index in [1.165, 1.54) is 18.2 Å². The largest absolute Gasteiger partial charge is 0.481 e. The van der Waals surface area contributed by atoms with Gasteiger partial charge >= 0.3 is 12.1 Å². The third-order valence-electron chi connectivity index (χ3n) is 3.31. The Bertz CT molecular complexity index is 530. The van der Waals surface area contributed by atoms with Gasteiger partial charge in [0, 0.05) is 13.0 Å². The van der Waals surface area contributed by atoms with E-state index in [9.17, 15) is 22.8 Å². The van der Waals surface area contributed by atoms with E-state index in [0.717, 1.165) is 18.9 Å². The van der Waals surface area contributed by atoms with Crippen LogP contribution in [-0.4, -0.2) is 23.5 Å². The Hall–Kier alpha value is -2.05. The third kappa shape index (κ3) is 7.67. The number of carbonyl (C=O) groups excluding carboxylic acids is 1. The second-order valence-corrected chi connectivity index (χ2v) is 5.24. The second-order valence-electron chi connectivity index (χ2n) is 5.24. The molecule has 0 saturated carbocycles. The number of aliphatic carboxylic acids is 1. The Morgan fingerprint density at radius 2 is 1.70 bits per heavy atom. The first-order valence-corrected chi connectivity index (χ1v) is 7.44. The number of halogens is 3. The zero-order chi connectivity index (χ0) is 17.3. The molecule has 1 amide bonds. The molecule has 128 valence electrons. The van der Waals surface area contributed by atoms with Gasteiger partial charge in [0.25, 0.3) is 0 Å². The summed E-state index contributed by atoms with van der Waals surface area (Å²) in [6.45, 7) is 0.375. The fraction of sp³-hybridized carbons (Fsp3) is 0.500. The lowest BCUT2D eigenvalue weighted by Crippen LogP contribution is -2.27. The molecule has 2 N–H and O–H groups in total. The van der Waals surface area contributed by atoms with Crippen molar-refractivity contribution in [3.8, 4) is 0 Å². The fourth-order valence-corrected chi connectivity index (χ4v) is 2.17. The molecule has 23 heavy (non-hydrogen) atoms. The van der Waals surface area contributed by atoms with Gasteiger partial charge in [0.2, 0.25) is 5.91 Å². The molecule has 4 nitrogen and oxygen atoms in total. The van der Waals surface area contributed by atoms with Crippen LogP contribution in [0.25, 0.3) is 0 Å². The molecule has 0 atom stereocenters. The molecule has 0 aliphatic rings. The van der Waals surface area contributed by atoms with E-state index in [1.54, 1.807) is 0 Å². The normalized spacial score (nSPS) is 11.3. The molecule has 7 heteroatoms. The maximum atomic E-state index is 12.8. The number of carbonyl (C=O) groups is 2. The second kappa shape index (κ2) is 9.17.